The first kappa shape index (κ1) is 19.8. The Bertz CT molecular complexity index is 1280. The Morgan fingerprint density at radius 2 is 1.47 bits per heavy atom. The Kier molecular flexibility index (Phi) is 5.08. The molecule has 0 unspecified atom stereocenters. The molecule has 1 aliphatic rings. The highest BCUT2D eigenvalue weighted by molar-refractivity contribution is 5.98. The fourth-order valence-electron chi connectivity index (χ4n) is 4.33. The normalized spacial score (nSPS) is 14.1. The molecule has 0 fully saturated rings. The molecular formula is C29H22O3. The van der Waals surface area contributed by atoms with E-state index in [2.05, 4.69) is 55.1 Å². The van der Waals surface area contributed by atoms with Crippen LogP contribution in [-0.2, 0) is 15.1 Å². The fraction of sp³-hybridized carbons (Fsp3) is 0.0690. The van der Waals surface area contributed by atoms with Gasteiger partial charge in [-0.1, -0.05) is 97.6 Å². The lowest BCUT2D eigenvalue weighted by molar-refractivity contribution is -0.136. The molecule has 0 saturated heterocycles. The average Bonchev–Trinajstić information content (AvgIpc) is 2.87. The van der Waals surface area contributed by atoms with Gasteiger partial charge in [-0.2, -0.15) is 0 Å². The van der Waals surface area contributed by atoms with Gasteiger partial charge in [0.1, 0.15) is 12.4 Å². The number of benzene rings is 4. The van der Waals surface area contributed by atoms with Crippen LogP contribution in [0.15, 0.2) is 116 Å². The van der Waals surface area contributed by atoms with Crippen molar-refractivity contribution in [3.05, 3.63) is 132 Å². The van der Waals surface area contributed by atoms with Gasteiger partial charge < -0.3 is 9.47 Å². The third kappa shape index (κ3) is 3.38. The lowest BCUT2D eigenvalue weighted by Crippen LogP contribution is -2.35. The second kappa shape index (κ2) is 8.20. The second-order valence-electron chi connectivity index (χ2n) is 7.71. The minimum Gasteiger partial charge on any atom is -0.473 e. The van der Waals surface area contributed by atoms with E-state index in [0.717, 1.165) is 38.8 Å². The van der Waals surface area contributed by atoms with Gasteiger partial charge in [0.15, 0.2) is 5.60 Å². The van der Waals surface area contributed by atoms with Crippen molar-refractivity contribution in [3.63, 3.8) is 0 Å². The van der Waals surface area contributed by atoms with Crippen molar-refractivity contribution < 1.29 is 14.3 Å². The molecule has 4 aromatic carbocycles. The van der Waals surface area contributed by atoms with Crippen LogP contribution < -0.4 is 4.74 Å². The first-order chi connectivity index (χ1) is 15.7. The first-order valence-corrected chi connectivity index (χ1v) is 10.5. The minimum absolute atomic E-state index is 0.122. The van der Waals surface area contributed by atoms with Crippen LogP contribution in [0.3, 0.4) is 0 Å². The van der Waals surface area contributed by atoms with Gasteiger partial charge in [0, 0.05) is 28.3 Å². The largest absolute Gasteiger partial charge is 0.473 e. The predicted molar refractivity (Wildman–Crippen MR) is 127 cm³/mol. The quantitative estimate of drug-likeness (QED) is 0.282. The van der Waals surface area contributed by atoms with E-state index >= 15 is 0 Å². The van der Waals surface area contributed by atoms with Crippen molar-refractivity contribution in [2.75, 3.05) is 6.61 Å². The van der Waals surface area contributed by atoms with Crippen LogP contribution >= 0.6 is 0 Å². The number of ether oxygens (including phenoxy) is 2. The van der Waals surface area contributed by atoms with Crippen LogP contribution in [0.4, 0.5) is 0 Å². The number of hydrogen-bond donors (Lipinski definition) is 0. The zero-order valence-electron chi connectivity index (χ0n) is 17.5. The summed E-state index contributed by atoms with van der Waals surface area (Å²) in [7, 11) is 0. The lowest BCUT2D eigenvalue weighted by atomic mass is 9.80. The summed E-state index contributed by atoms with van der Waals surface area (Å²) in [5, 5.41) is 2.16. The summed E-state index contributed by atoms with van der Waals surface area (Å²) in [4.78, 5) is 11.9. The van der Waals surface area contributed by atoms with Gasteiger partial charge in [-0.3, -0.25) is 0 Å². The Labute approximate surface area is 187 Å². The molecule has 1 heterocycles. The van der Waals surface area contributed by atoms with E-state index < -0.39 is 11.6 Å². The summed E-state index contributed by atoms with van der Waals surface area (Å²) in [5.74, 6) is 0.299. The van der Waals surface area contributed by atoms with Crippen molar-refractivity contribution >= 4 is 22.3 Å². The summed E-state index contributed by atoms with van der Waals surface area (Å²) in [6.07, 6.45) is 3.27. The smallest absolute Gasteiger partial charge is 0.330 e. The van der Waals surface area contributed by atoms with Crippen molar-refractivity contribution in [1.82, 2.24) is 0 Å². The molecule has 0 N–H and O–H groups in total. The molecule has 1 aliphatic heterocycles. The molecule has 5 rings (SSSR count). The number of rotatable bonds is 5. The lowest BCUT2D eigenvalue weighted by Gasteiger charge is -2.38. The topological polar surface area (TPSA) is 35.5 Å². The number of carbonyl (C=O) groups excluding carboxylic acids is 1. The Hall–Kier alpha value is -4.11. The molecule has 32 heavy (non-hydrogen) atoms. The summed E-state index contributed by atoms with van der Waals surface area (Å²) < 4.78 is 12.3. The highest BCUT2D eigenvalue weighted by atomic mass is 16.5. The maximum Gasteiger partial charge on any atom is 0.330 e. The van der Waals surface area contributed by atoms with Crippen LogP contribution in [0.2, 0.25) is 0 Å². The molecule has 3 heteroatoms. The molecule has 0 atom stereocenters. The van der Waals surface area contributed by atoms with Crippen LogP contribution in [0.1, 0.15) is 16.7 Å². The van der Waals surface area contributed by atoms with E-state index in [1.165, 1.54) is 6.08 Å². The second-order valence-corrected chi connectivity index (χ2v) is 7.71. The highest BCUT2D eigenvalue weighted by Gasteiger charge is 2.39. The molecule has 0 aliphatic carbocycles. The summed E-state index contributed by atoms with van der Waals surface area (Å²) >= 11 is 0. The molecule has 3 nitrogen and oxygen atoms in total. The number of carbonyl (C=O) groups is 1. The molecule has 0 bridgehead atoms. The zero-order chi connectivity index (χ0) is 22.0. The average molecular weight is 418 g/mol. The van der Waals surface area contributed by atoms with E-state index in [1.54, 1.807) is 0 Å². The summed E-state index contributed by atoms with van der Waals surface area (Å²) in [5.41, 5.74) is 2.98. The molecule has 0 spiro atoms. The van der Waals surface area contributed by atoms with E-state index in [9.17, 15) is 4.79 Å². The van der Waals surface area contributed by atoms with Crippen LogP contribution in [-0.4, -0.2) is 12.6 Å². The maximum atomic E-state index is 11.9. The van der Waals surface area contributed by atoms with Crippen LogP contribution in [0, 0.1) is 0 Å². The van der Waals surface area contributed by atoms with Crippen molar-refractivity contribution in [2.24, 2.45) is 0 Å². The van der Waals surface area contributed by atoms with Crippen molar-refractivity contribution in [3.8, 4) is 5.75 Å². The fourth-order valence-corrected chi connectivity index (χ4v) is 4.33. The predicted octanol–water partition coefficient (Wildman–Crippen LogP) is 6.29. The first-order valence-electron chi connectivity index (χ1n) is 10.5. The van der Waals surface area contributed by atoms with Gasteiger partial charge in [-0.05, 0) is 22.9 Å². The maximum absolute atomic E-state index is 11.9. The Balaban J connectivity index is 1.78. The zero-order valence-corrected chi connectivity index (χ0v) is 17.5. The van der Waals surface area contributed by atoms with Crippen LogP contribution in [0.5, 0.6) is 5.75 Å². The summed E-state index contributed by atoms with van der Waals surface area (Å²) in [6.45, 7) is 3.65. The third-order valence-electron chi connectivity index (χ3n) is 5.80. The van der Waals surface area contributed by atoms with Crippen LogP contribution in [0.25, 0.3) is 16.3 Å². The van der Waals surface area contributed by atoms with E-state index in [0.29, 0.717) is 0 Å². The number of fused-ring (bicyclic) bond motifs is 3. The molecule has 0 radical (unpaired) electrons. The number of hydrogen-bond acceptors (Lipinski definition) is 3. The van der Waals surface area contributed by atoms with Gasteiger partial charge >= 0.3 is 5.97 Å². The van der Waals surface area contributed by atoms with Crippen molar-refractivity contribution in [2.45, 2.75) is 5.60 Å². The molecule has 156 valence electrons. The van der Waals surface area contributed by atoms with Gasteiger partial charge in [-0.15, -0.1) is 0 Å². The minimum atomic E-state index is -0.853. The highest BCUT2D eigenvalue weighted by Crippen LogP contribution is 2.47. The Morgan fingerprint density at radius 1 is 0.844 bits per heavy atom. The van der Waals surface area contributed by atoms with E-state index in [1.807, 2.05) is 54.6 Å². The Morgan fingerprint density at radius 3 is 2.12 bits per heavy atom. The van der Waals surface area contributed by atoms with Gasteiger partial charge in [0.05, 0.1) is 0 Å². The molecule has 0 saturated carbocycles. The van der Waals surface area contributed by atoms with E-state index in [4.69, 9.17) is 9.47 Å². The standard InChI is InChI=1S/C29H22O3/c1-2-27(30)31-20-22-19-29(23-12-5-3-6-13-23,24-14-7-4-8-15-24)32-26-18-17-21-11-9-10-16-25(21)28(22)26/h2-19H,1,20H2. The van der Waals surface area contributed by atoms with Gasteiger partial charge in [-0.25, -0.2) is 4.79 Å². The van der Waals surface area contributed by atoms with Crippen molar-refractivity contribution in [1.29, 1.82) is 0 Å². The molecule has 0 aromatic heterocycles. The molecule has 0 amide bonds. The van der Waals surface area contributed by atoms with E-state index in [-0.39, 0.29) is 6.61 Å². The third-order valence-corrected chi connectivity index (χ3v) is 5.80. The summed E-state index contributed by atoms with van der Waals surface area (Å²) in [6, 6.07) is 32.4. The van der Waals surface area contributed by atoms with Gasteiger partial charge in [0.2, 0.25) is 0 Å². The monoisotopic (exact) mass is 418 g/mol. The SMILES string of the molecule is C=CC(=O)OCC1=CC(c2ccccc2)(c2ccccc2)Oc2ccc3ccccc3c21. The van der Waals surface area contributed by atoms with Gasteiger partial charge in [0.25, 0.3) is 0 Å². The molecule has 4 aromatic rings. The number of esters is 1. The molecular weight excluding hydrogens is 396 g/mol.